The summed E-state index contributed by atoms with van der Waals surface area (Å²) in [7, 11) is 1.44. The summed E-state index contributed by atoms with van der Waals surface area (Å²) in [5, 5.41) is 0. The van der Waals surface area contributed by atoms with E-state index in [0.717, 1.165) is 12.2 Å². The van der Waals surface area contributed by atoms with E-state index in [1.807, 2.05) is 11.8 Å². The van der Waals surface area contributed by atoms with Crippen molar-refractivity contribution in [1.29, 1.82) is 0 Å². The second-order valence-electron chi connectivity index (χ2n) is 4.89. The van der Waals surface area contributed by atoms with Gasteiger partial charge in [-0.3, -0.25) is 4.79 Å². The molecule has 1 aromatic rings. The minimum atomic E-state index is -0.142. The Bertz CT molecular complexity index is 399. The van der Waals surface area contributed by atoms with Crippen molar-refractivity contribution >= 4 is 17.7 Å². The highest BCUT2D eigenvalue weighted by Gasteiger charge is 2.08. The molecule has 3 heteroatoms. The van der Waals surface area contributed by atoms with E-state index in [1.165, 1.54) is 23.1 Å². The van der Waals surface area contributed by atoms with Gasteiger partial charge in [-0.25, -0.2) is 0 Å². The van der Waals surface area contributed by atoms with Crippen LogP contribution in [-0.2, 0) is 16.0 Å². The Hall–Kier alpha value is -0.960. The van der Waals surface area contributed by atoms with Crippen molar-refractivity contribution in [3.05, 3.63) is 29.3 Å². The van der Waals surface area contributed by atoms with Crippen molar-refractivity contribution in [2.24, 2.45) is 5.92 Å². The Morgan fingerprint density at radius 3 is 2.72 bits per heavy atom. The molecule has 0 spiro atoms. The number of hydrogen-bond donors (Lipinski definition) is 0. The molecular formula is C15H22O2S. The highest BCUT2D eigenvalue weighted by atomic mass is 32.2. The monoisotopic (exact) mass is 266 g/mol. The van der Waals surface area contributed by atoms with Crippen LogP contribution in [0.2, 0.25) is 0 Å². The molecule has 0 unspecified atom stereocenters. The van der Waals surface area contributed by atoms with Crippen LogP contribution in [0.4, 0.5) is 0 Å². The molecule has 0 amide bonds. The van der Waals surface area contributed by atoms with Crippen LogP contribution in [0.15, 0.2) is 23.1 Å². The second kappa shape index (κ2) is 7.47. The normalized spacial score (nSPS) is 10.7. The number of thioether (sulfide) groups is 1. The summed E-state index contributed by atoms with van der Waals surface area (Å²) >= 11 is 1.87. The number of aryl methyl sites for hydroxylation is 2. The Balaban J connectivity index is 2.73. The summed E-state index contributed by atoms with van der Waals surface area (Å²) in [6, 6.07) is 6.46. The molecule has 0 fully saturated rings. The third-order valence-corrected chi connectivity index (χ3v) is 4.16. The van der Waals surface area contributed by atoms with Crippen LogP contribution >= 0.6 is 11.8 Å². The molecule has 0 atom stereocenters. The first kappa shape index (κ1) is 15.1. The average Bonchev–Trinajstić information content (AvgIpc) is 2.34. The number of carbonyl (C=O) groups is 1. The molecular weight excluding hydrogens is 244 g/mol. The van der Waals surface area contributed by atoms with Gasteiger partial charge >= 0.3 is 5.97 Å². The van der Waals surface area contributed by atoms with Crippen LogP contribution in [0.3, 0.4) is 0 Å². The van der Waals surface area contributed by atoms with Gasteiger partial charge in [-0.15, -0.1) is 11.8 Å². The van der Waals surface area contributed by atoms with E-state index in [1.54, 1.807) is 0 Å². The third-order valence-electron chi connectivity index (χ3n) is 2.61. The quantitative estimate of drug-likeness (QED) is 0.578. The largest absolute Gasteiger partial charge is 0.469 e. The van der Waals surface area contributed by atoms with Crippen molar-refractivity contribution in [3.8, 4) is 0 Å². The summed E-state index contributed by atoms with van der Waals surface area (Å²) in [4.78, 5) is 12.5. The molecule has 0 saturated carbocycles. The van der Waals surface area contributed by atoms with Crippen LogP contribution in [-0.4, -0.2) is 18.8 Å². The van der Waals surface area contributed by atoms with Gasteiger partial charge in [-0.1, -0.05) is 31.5 Å². The molecule has 0 aliphatic rings. The standard InChI is InChI=1S/C15H22O2S/c1-11(2)10-18-14-7-5-12(3)9-13(14)6-8-15(16)17-4/h5,7,9,11H,6,8,10H2,1-4H3. The lowest BCUT2D eigenvalue weighted by Crippen LogP contribution is -2.03. The van der Waals surface area contributed by atoms with E-state index in [9.17, 15) is 4.79 Å². The summed E-state index contributed by atoms with van der Waals surface area (Å²) in [5.41, 5.74) is 2.50. The molecule has 0 radical (unpaired) electrons. The van der Waals surface area contributed by atoms with Crippen molar-refractivity contribution in [3.63, 3.8) is 0 Å². The SMILES string of the molecule is COC(=O)CCc1cc(C)ccc1SCC(C)C. The minimum Gasteiger partial charge on any atom is -0.469 e. The lowest BCUT2D eigenvalue weighted by atomic mass is 10.1. The van der Waals surface area contributed by atoms with E-state index >= 15 is 0 Å². The maximum atomic E-state index is 11.2. The van der Waals surface area contributed by atoms with Gasteiger partial charge < -0.3 is 4.74 Å². The van der Waals surface area contributed by atoms with Gasteiger partial charge in [0.2, 0.25) is 0 Å². The molecule has 100 valence electrons. The van der Waals surface area contributed by atoms with E-state index < -0.39 is 0 Å². The number of hydrogen-bond acceptors (Lipinski definition) is 3. The van der Waals surface area contributed by atoms with Crippen LogP contribution < -0.4 is 0 Å². The van der Waals surface area contributed by atoms with E-state index in [2.05, 4.69) is 39.0 Å². The van der Waals surface area contributed by atoms with Crippen molar-refractivity contribution in [2.75, 3.05) is 12.9 Å². The fraction of sp³-hybridized carbons (Fsp3) is 0.533. The topological polar surface area (TPSA) is 26.3 Å². The van der Waals surface area contributed by atoms with E-state index in [-0.39, 0.29) is 5.97 Å². The van der Waals surface area contributed by atoms with Gasteiger partial charge in [0.1, 0.15) is 0 Å². The molecule has 0 N–H and O–H groups in total. The highest BCUT2D eigenvalue weighted by Crippen LogP contribution is 2.26. The third kappa shape index (κ3) is 5.13. The average molecular weight is 266 g/mol. The molecule has 1 aromatic carbocycles. The summed E-state index contributed by atoms with van der Waals surface area (Å²) in [5.74, 6) is 1.63. The predicted molar refractivity (Wildman–Crippen MR) is 77.1 cm³/mol. The summed E-state index contributed by atoms with van der Waals surface area (Å²) < 4.78 is 4.69. The smallest absolute Gasteiger partial charge is 0.305 e. The minimum absolute atomic E-state index is 0.142. The van der Waals surface area contributed by atoms with Gasteiger partial charge in [0, 0.05) is 17.1 Å². The predicted octanol–water partition coefficient (Wildman–Crippen LogP) is 3.85. The van der Waals surface area contributed by atoms with Crippen LogP contribution in [0, 0.1) is 12.8 Å². The lowest BCUT2D eigenvalue weighted by molar-refractivity contribution is -0.140. The number of benzene rings is 1. The Morgan fingerprint density at radius 1 is 1.39 bits per heavy atom. The van der Waals surface area contributed by atoms with Crippen molar-refractivity contribution in [1.82, 2.24) is 0 Å². The second-order valence-corrected chi connectivity index (χ2v) is 5.95. The molecule has 0 saturated heterocycles. The summed E-state index contributed by atoms with van der Waals surface area (Å²) in [6.07, 6.45) is 1.21. The maximum absolute atomic E-state index is 11.2. The number of carbonyl (C=O) groups excluding carboxylic acids is 1. The first-order chi connectivity index (χ1) is 8.52. The Labute approximate surface area is 114 Å². The zero-order valence-corrected chi connectivity index (χ0v) is 12.5. The van der Waals surface area contributed by atoms with Gasteiger partial charge in [0.25, 0.3) is 0 Å². The zero-order valence-electron chi connectivity index (χ0n) is 11.7. The van der Waals surface area contributed by atoms with E-state index in [4.69, 9.17) is 4.74 Å². The Morgan fingerprint density at radius 2 is 2.11 bits per heavy atom. The van der Waals surface area contributed by atoms with Crippen LogP contribution in [0.25, 0.3) is 0 Å². The molecule has 18 heavy (non-hydrogen) atoms. The Kier molecular flexibility index (Phi) is 6.27. The first-order valence-corrected chi connectivity index (χ1v) is 7.30. The first-order valence-electron chi connectivity index (χ1n) is 6.32. The molecule has 0 aliphatic carbocycles. The van der Waals surface area contributed by atoms with Gasteiger partial charge in [0.15, 0.2) is 0 Å². The fourth-order valence-corrected chi connectivity index (χ4v) is 2.66. The van der Waals surface area contributed by atoms with Crippen molar-refractivity contribution < 1.29 is 9.53 Å². The van der Waals surface area contributed by atoms with E-state index in [0.29, 0.717) is 12.3 Å². The van der Waals surface area contributed by atoms with Crippen molar-refractivity contribution in [2.45, 2.75) is 38.5 Å². The maximum Gasteiger partial charge on any atom is 0.305 e. The molecule has 0 aliphatic heterocycles. The molecule has 0 bridgehead atoms. The highest BCUT2D eigenvalue weighted by molar-refractivity contribution is 7.99. The van der Waals surface area contributed by atoms with Gasteiger partial charge in [-0.2, -0.15) is 0 Å². The van der Waals surface area contributed by atoms with Crippen LogP contribution in [0.1, 0.15) is 31.4 Å². The molecule has 0 aromatic heterocycles. The molecule has 2 nitrogen and oxygen atoms in total. The fourth-order valence-electron chi connectivity index (χ4n) is 1.64. The van der Waals surface area contributed by atoms with Crippen LogP contribution in [0.5, 0.6) is 0 Å². The zero-order chi connectivity index (χ0) is 13.5. The van der Waals surface area contributed by atoms with Gasteiger partial charge in [0.05, 0.1) is 7.11 Å². The molecule has 0 heterocycles. The van der Waals surface area contributed by atoms with Gasteiger partial charge in [-0.05, 0) is 30.9 Å². The number of rotatable bonds is 6. The number of methoxy groups -OCH3 is 1. The number of ether oxygens (including phenoxy) is 1. The summed E-state index contributed by atoms with van der Waals surface area (Å²) in [6.45, 7) is 6.52. The number of esters is 1. The lowest BCUT2D eigenvalue weighted by Gasteiger charge is -2.11. The molecule has 1 rings (SSSR count).